The molecule has 28 heavy (non-hydrogen) atoms. The first-order valence-corrected chi connectivity index (χ1v) is 9.18. The third-order valence-electron chi connectivity index (χ3n) is 4.14. The number of aromatic nitrogens is 3. The Hall–Kier alpha value is -3.01. The van der Waals surface area contributed by atoms with Crippen molar-refractivity contribution in [2.24, 2.45) is 5.10 Å². The van der Waals surface area contributed by atoms with Crippen molar-refractivity contribution in [1.82, 2.24) is 14.9 Å². The van der Waals surface area contributed by atoms with Gasteiger partial charge in [-0.05, 0) is 30.7 Å². The average Bonchev–Trinajstić information content (AvgIpc) is 3.06. The van der Waals surface area contributed by atoms with Gasteiger partial charge in [-0.3, -0.25) is 0 Å². The fourth-order valence-corrected chi connectivity index (χ4v) is 3.56. The Morgan fingerprint density at radius 3 is 2.68 bits per heavy atom. The fourth-order valence-electron chi connectivity index (χ4n) is 2.72. The molecule has 2 N–H and O–H groups in total. The van der Waals surface area contributed by atoms with Crippen LogP contribution in [-0.4, -0.2) is 32.7 Å². The van der Waals surface area contributed by atoms with Crippen LogP contribution in [0.4, 0.5) is 18.9 Å². The van der Waals surface area contributed by atoms with Gasteiger partial charge in [-0.15, -0.1) is 23.4 Å². The number of anilines is 1. The second kappa shape index (κ2) is 6.86. The number of aryl methyl sites for hydroxylation is 1. The second-order valence-electron chi connectivity index (χ2n) is 6.07. The number of para-hydroxylation sites is 1. The molecule has 0 bridgehead atoms. The number of thioether (sulfide) groups is 1. The number of nitrogens with zero attached hydrogens (tertiary/aromatic N) is 4. The number of rotatable bonds is 3. The van der Waals surface area contributed by atoms with Crippen molar-refractivity contribution in [2.45, 2.75) is 18.4 Å². The molecule has 0 aliphatic carbocycles. The molecule has 144 valence electrons. The van der Waals surface area contributed by atoms with Crippen LogP contribution in [0.2, 0.25) is 0 Å². The Kier molecular flexibility index (Phi) is 4.50. The van der Waals surface area contributed by atoms with E-state index in [1.54, 1.807) is 6.07 Å². The maximum absolute atomic E-state index is 12.7. The minimum Gasteiger partial charge on any atom is -0.405 e. The van der Waals surface area contributed by atoms with E-state index in [1.165, 1.54) is 34.6 Å². The van der Waals surface area contributed by atoms with E-state index in [-0.39, 0.29) is 17.1 Å². The van der Waals surface area contributed by atoms with Crippen molar-refractivity contribution in [3.63, 3.8) is 0 Å². The summed E-state index contributed by atoms with van der Waals surface area (Å²) in [5.41, 5.74) is 9.28. The van der Waals surface area contributed by atoms with Gasteiger partial charge in [0.2, 0.25) is 5.16 Å². The lowest BCUT2D eigenvalue weighted by molar-refractivity contribution is -0.274. The highest BCUT2D eigenvalue weighted by Crippen LogP contribution is 2.35. The molecule has 1 aliphatic heterocycles. The third kappa shape index (κ3) is 3.55. The van der Waals surface area contributed by atoms with Crippen molar-refractivity contribution in [1.29, 1.82) is 0 Å². The molecular weight excluding hydrogens is 391 g/mol. The van der Waals surface area contributed by atoms with E-state index >= 15 is 0 Å². The average molecular weight is 405 g/mol. The van der Waals surface area contributed by atoms with Crippen LogP contribution in [0.3, 0.4) is 0 Å². The predicted molar refractivity (Wildman–Crippen MR) is 100 cm³/mol. The molecule has 0 atom stereocenters. The Balaban J connectivity index is 1.78. The highest BCUT2D eigenvalue weighted by atomic mass is 32.2. The molecule has 0 fully saturated rings. The summed E-state index contributed by atoms with van der Waals surface area (Å²) in [4.78, 5) is 0. The van der Waals surface area contributed by atoms with Gasteiger partial charge < -0.3 is 10.5 Å². The third-order valence-corrected chi connectivity index (χ3v) is 5.07. The van der Waals surface area contributed by atoms with E-state index in [0.29, 0.717) is 16.6 Å². The van der Waals surface area contributed by atoms with Gasteiger partial charge in [-0.1, -0.05) is 36.0 Å². The van der Waals surface area contributed by atoms with Crippen molar-refractivity contribution in [3.8, 4) is 17.1 Å². The van der Waals surface area contributed by atoms with E-state index in [4.69, 9.17) is 5.73 Å². The summed E-state index contributed by atoms with van der Waals surface area (Å²) in [5, 5.41) is 13.1. The van der Waals surface area contributed by atoms with Gasteiger partial charge in [0.05, 0.1) is 11.3 Å². The summed E-state index contributed by atoms with van der Waals surface area (Å²) in [5.74, 6) is 0.346. The first kappa shape index (κ1) is 18.4. The molecule has 2 heterocycles. The highest BCUT2D eigenvalue weighted by Gasteiger charge is 2.33. The largest absolute Gasteiger partial charge is 0.573 e. The lowest BCUT2D eigenvalue weighted by atomic mass is 10.1. The van der Waals surface area contributed by atoms with Gasteiger partial charge in [0.25, 0.3) is 0 Å². The number of ether oxygens (including phenoxy) is 1. The van der Waals surface area contributed by atoms with Crippen LogP contribution < -0.4 is 10.5 Å². The van der Waals surface area contributed by atoms with Crippen molar-refractivity contribution >= 4 is 23.2 Å². The Morgan fingerprint density at radius 1 is 1.14 bits per heavy atom. The van der Waals surface area contributed by atoms with Gasteiger partial charge >= 0.3 is 6.36 Å². The minimum absolute atomic E-state index is 0.146. The molecule has 3 aromatic rings. The highest BCUT2D eigenvalue weighted by molar-refractivity contribution is 7.99. The van der Waals surface area contributed by atoms with E-state index in [0.717, 1.165) is 16.8 Å². The van der Waals surface area contributed by atoms with E-state index in [1.807, 2.05) is 25.1 Å². The van der Waals surface area contributed by atoms with Crippen LogP contribution in [0.5, 0.6) is 5.75 Å². The van der Waals surface area contributed by atoms with Crippen LogP contribution in [0.15, 0.2) is 52.7 Å². The number of hydrogen-bond acceptors (Lipinski definition) is 6. The monoisotopic (exact) mass is 405 g/mol. The number of hydrogen-bond donors (Lipinski definition) is 1. The zero-order chi connectivity index (χ0) is 19.9. The standard InChI is InChI=1S/C18H14F3N5OS/c1-10-6-7-11(8-13(10)22)14-9-28-17-24-23-16(26(17)25-14)12-4-2-3-5-15(12)27-18(19,20)21/h2-8H,9,22H2,1H3. The van der Waals surface area contributed by atoms with Gasteiger partial charge in [-0.2, -0.15) is 9.78 Å². The molecule has 4 rings (SSSR count). The van der Waals surface area contributed by atoms with Crippen LogP contribution in [0, 0.1) is 6.92 Å². The first-order chi connectivity index (χ1) is 13.3. The SMILES string of the molecule is Cc1ccc(C2=Nn3c(nnc3-c3ccccc3OC(F)(F)F)SC2)cc1N. The predicted octanol–water partition coefficient (Wildman–Crippen LogP) is 4.09. The lowest BCUT2D eigenvalue weighted by Crippen LogP contribution is -2.18. The van der Waals surface area contributed by atoms with Crippen molar-refractivity contribution < 1.29 is 17.9 Å². The summed E-state index contributed by atoms with van der Waals surface area (Å²) in [6, 6.07) is 11.4. The summed E-state index contributed by atoms with van der Waals surface area (Å²) >= 11 is 1.39. The van der Waals surface area contributed by atoms with Gasteiger partial charge in [-0.25, -0.2) is 0 Å². The molecular formula is C18H14F3N5OS. The van der Waals surface area contributed by atoms with Crippen molar-refractivity contribution in [3.05, 3.63) is 53.6 Å². The quantitative estimate of drug-likeness (QED) is 0.664. The number of alkyl halides is 3. The molecule has 0 saturated heterocycles. The topological polar surface area (TPSA) is 78.3 Å². The van der Waals surface area contributed by atoms with Crippen LogP contribution in [-0.2, 0) is 0 Å². The minimum atomic E-state index is -4.82. The van der Waals surface area contributed by atoms with E-state index in [9.17, 15) is 13.2 Å². The molecule has 0 unspecified atom stereocenters. The summed E-state index contributed by atoms with van der Waals surface area (Å²) < 4.78 is 43.8. The summed E-state index contributed by atoms with van der Waals surface area (Å²) in [6.07, 6.45) is -4.82. The number of nitrogens with two attached hydrogens (primary N) is 1. The van der Waals surface area contributed by atoms with Crippen LogP contribution >= 0.6 is 11.8 Å². The number of fused-ring (bicyclic) bond motifs is 1. The number of nitrogen functional groups attached to an aromatic ring is 1. The smallest absolute Gasteiger partial charge is 0.405 e. The Labute approximate surface area is 162 Å². The Bertz CT molecular complexity index is 1080. The molecule has 0 spiro atoms. The van der Waals surface area contributed by atoms with Crippen molar-refractivity contribution in [2.75, 3.05) is 11.5 Å². The molecule has 0 radical (unpaired) electrons. The number of benzene rings is 2. The summed E-state index contributed by atoms with van der Waals surface area (Å²) in [7, 11) is 0. The molecule has 6 nitrogen and oxygen atoms in total. The second-order valence-corrected chi connectivity index (χ2v) is 7.01. The molecule has 10 heteroatoms. The molecule has 1 aromatic heterocycles. The zero-order valence-electron chi connectivity index (χ0n) is 14.6. The van der Waals surface area contributed by atoms with Crippen LogP contribution in [0.25, 0.3) is 11.4 Å². The van der Waals surface area contributed by atoms with E-state index < -0.39 is 6.36 Å². The molecule has 0 saturated carbocycles. The normalized spacial score (nSPS) is 13.8. The van der Waals surface area contributed by atoms with Gasteiger partial charge in [0, 0.05) is 17.0 Å². The lowest BCUT2D eigenvalue weighted by Gasteiger charge is -2.16. The van der Waals surface area contributed by atoms with Gasteiger partial charge in [0.1, 0.15) is 5.75 Å². The molecule has 2 aromatic carbocycles. The Morgan fingerprint density at radius 2 is 1.93 bits per heavy atom. The van der Waals surface area contributed by atoms with E-state index in [2.05, 4.69) is 20.0 Å². The molecule has 0 amide bonds. The zero-order valence-corrected chi connectivity index (χ0v) is 15.4. The fraction of sp³-hybridized carbons (Fsp3) is 0.167. The van der Waals surface area contributed by atoms with Crippen LogP contribution in [0.1, 0.15) is 11.1 Å². The first-order valence-electron chi connectivity index (χ1n) is 8.19. The maximum Gasteiger partial charge on any atom is 0.573 e. The summed E-state index contributed by atoms with van der Waals surface area (Å²) in [6.45, 7) is 1.91. The molecule has 1 aliphatic rings. The maximum atomic E-state index is 12.7. The van der Waals surface area contributed by atoms with Gasteiger partial charge in [0.15, 0.2) is 5.82 Å². The number of halogens is 3.